The van der Waals surface area contributed by atoms with E-state index in [-0.39, 0.29) is 18.4 Å². The molecule has 0 aliphatic rings. The van der Waals surface area contributed by atoms with Gasteiger partial charge in [-0.25, -0.2) is 4.68 Å². The van der Waals surface area contributed by atoms with Gasteiger partial charge < -0.3 is 10.0 Å². The van der Waals surface area contributed by atoms with Gasteiger partial charge in [-0.05, 0) is 30.2 Å². The number of amides is 1. The number of likely N-dealkylation sites (N-methyl/N-ethyl adjacent to an activating group) is 1. The van der Waals surface area contributed by atoms with Crippen LogP contribution in [-0.2, 0) is 0 Å². The van der Waals surface area contributed by atoms with E-state index in [0.29, 0.717) is 17.1 Å². The molecule has 0 aliphatic carbocycles. The lowest BCUT2D eigenvalue weighted by Gasteiger charge is -2.18. The first-order valence-corrected chi connectivity index (χ1v) is 7.53. The fourth-order valence-electron chi connectivity index (χ4n) is 2.32. The zero-order valence-corrected chi connectivity index (χ0v) is 13.7. The molecule has 1 aromatic heterocycles. The largest absolute Gasteiger partial charge is 0.395 e. The molecule has 1 amide bonds. The van der Waals surface area contributed by atoms with Crippen LogP contribution in [0.15, 0.2) is 30.5 Å². The fourth-order valence-corrected chi connectivity index (χ4v) is 2.45. The molecule has 0 saturated heterocycles. The van der Waals surface area contributed by atoms with Crippen LogP contribution in [0, 0.1) is 0 Å². The Kier molecular flexibility index (Phi) is 5.21. The Morgan fingerprint density at radius 3 is 2.55 bits per heavy atom. The van der Waals surface area contributed by atoms with Crippen LogP contribution < -0.4 is 0 Å². The third-order valence-corrected chi connectivity index (χ3v) is 3.69. The first-order valence-electron chi connectivity index (χ1n) is 7.16. The van der Waals surface area contributed by atoms with Crippen LogP contribution in [0.1, 0.15) is 35.8 Å². The van der Waals surface area contributed by atoms with Gasteiger partial charge in [0.05, 0.1) is 29.7 Å². The number of aliphatic hydroxyl groups is 1. The number of aromatic nitrogens is 2. The van der Waals surface area contributed by atoms with Crippen LogP contribution in [0.4, 0.5) is 0 Å². The molecule has 2 aromatic rings. The Hall–Kier alpha value is -1.85. The van der Waals surface area contributed by atoms with E-state index in [4.69, 9.17) is 16.7 Å². The predicted molar refractivity (Wildman–Crippen MR) is 86.7 cm³/mol. The second-order valence-electron chi connectivity index (χ2n) is 5.44. The van der Waals surface area contributed by atoms with E-state index in [1.807, 2.05) is 26.0 Å². The second-order valence-corrected chi connectivity index (χ2v) is 5.87. The molecule has 0 unspecified atom stereocenters. The number of aliphatic hydroxyl groups excluding tert-OH is 1. The third kappa shape index (κ3) is 3.31. The summed E-state index contributed by atoms with van der Waals surface area (Å²) in [6.07, 6.45) is 1.58. The summed E-state index contributed by atoms with van der Waals surface area (Å²) in [6.45, 7) is 4.27. The van der Waals surface area contributed by atoms with Crippen molar-refractivity contribution >= 4 is 17.5 Å². The van der Waals surface area contributed by atoms with Crippen LogP contribution in [0.5, 0.6) is 0 Å². The smallest absolute Gasteiger partial charge is 0.257 e. The molecule has 6 heteroatoms. The van der Waals surface area contributed by atoms with Crippen molar-refractivity contribution in [3.8, 4) is 5.69 Å². The van der Waals surface area contributed by atoms with Crippen LogP contribution in [0.25, 0.3) is 5.69 Å². The molecular weight excluding hydrogens is 302 g/mol. The van der Waals surface area contributed by atoms with E-state index in [9.17, 15) is 4.79 Å². The molecule has 118 valence electrons. The third-order valence-electron chi connectivity index (χ3n) is 3.44. The molecule has 0 spiro atoms. The topological polar surface area (TPSA) is 58.4 Å². The summed E-state index contributed by atoms with van der Waals surface area (Å²) in [5.41, 5.74) is 2.26. The van der Waals surface area contributed by atoms with Crippen molar-refractivity contribution < 1.29 is 9.90 Å². The number of hydrogen-bond acceptors (Lipinski definition) is 3. The molecule has 2 rings (SSSR count). The van der Waals surface area contributed by atoms with Gasteiger partial charge in [0.1, 0.15) is 0 Å². The molecule has 0 bridgehead atoms. The number of rotatable bonds is 5. The molecule has 1 heterocycles. The molecule has 0 atom stereocenters. The summed E-state index contributed by atoms with van der Waals surface area (Å²) >= 11 is 5.92. The van der Waals surface area contributed by atoms with Gasteiger partial charge in [-0.1, -0.05) is 25.4 Å². The molecule has 0 radical (unpaired) electrons. The van der Waals surface area contributed by atoms with Crippen LogP contribution in [-0.4, -0.2) is 45.9 Å². The standard InChI is InChI=1S/C16H20ClN3O2/c1-11(2)15-14(16(22)19(3)8-9-21)10-18-20(15)13-6-4-12(17)5-7-13/h4-7,10-11,21H,8-9H2,1-3H3. The normalized spacial score (nSPS) is 11.0. The quantitative estimate of drug-likeness (QED) is 0.921. The molecule has 1 aromatic carbocycles. The molecule has 5 nitrogen and oxygen atoms in total. The van der Waals surface area contributed by atoms with E-state index in [2.05, 4.69) is 5.10 Å². The molecule has 1 N–H and O–H groups in total. The van der Waals surface area contributed by atoms with Gasteiger partial charge in [0.25, 0.3) is 5.91 Å². The van der Waals surface area contributed by atoms with Crippen molar-refractivity contribution in [2.45, 2.75) is 19.8 Å². The summed E-state index contributed by atoms with van der Waals surface area (Å²) in [4.78, 5) is 14.0. The van der Waals surface area contributed by atoms with Gasteiger partial charge in [-0.2, -0.15) is 5.10 Å². The van der Waals surface area contributed by atoms with Crippen molar-refractivity contribution in [1.29, 1.82) is 0 Å². The summed E-state index contributed by atoms with van der Waals surface area (Å²) in [7, 11) is 1.67. The number of hydrogen-bond donors (Lipinski definition) is 1. The second kappa shape index (κ2) is 6.94. The highest BCUT2D eigenvalue weighted by Gasteiger charge is 2.23. The Balaban J connectivity index is 2.46. The summed E-state index contributed by atoms with van der Waals surface area (Å²) in [5, 5.41) is 14.0. The van der Waals surface area contributed by atoms with Crippen molar-refractivity contribution in [3.05, 3.63) is 46.7 Å². The lowest BCUT2D eigenvalue weighted by molar-refractivity contribution is 0.0765. The van der Waals surface area contributed by atoms with Gasteiger partial charge >= 0.3 is 0 Å². The molecule has 0 saturated carbocycles. The van der Waals surface area contributed by atoms with Crippen LogP contribution in [0.2, 0.25) is 5.02 Å². The number of halogens is 1. The first kappa shape index (κ1) is 16.5. The number of nitrogens with zero attached hydrogens (tertiary/aromatic N) is 3. The Bertz CT molecular complexity index is 650. The maximum atomic E-state index is 12.5. The van der Waals surface area contributed by atoms with Gasteiger partial charge in [0, 0.05) is 18.6 Å². The van der Waals surface area contributed by atoms with Gasteiger partial charge in [0.15, 0.2) is 0 Å². The molecular formula is C16H20ClN3O2. The summed E-state index contributed by atoms with van der Waals surface area (Å²) in [6, 6.07) is 7.32. The lowest BCUT2D eigenvalue weighted by atomic mass is 10.0. The average molecular weight is 322 g/mol. The minimum Gasteiger partial charge on any atom is -0.395 e. The van der Waals surface area contributed by atoms with E-state index in [1.54, 1.807) is 30.1 Å². The Morgan fingerprint density at radius 1 is 1.36 bits per heavy atom. The summed E-state index contributed by atoms with van der Waals surface area (Å²) < 4.78 is 1.76. The molecule has 0 aliphatic heterocycles. The molecule has 0 fully saturated rings. The van der Waals surface area contributed by atoms with Gasteiger partial charge in [0.2, 0.25) is 0 Å². The van der Waals surface area contributed by atoms with Crippen LogP contribution >= 0.6 is 11.6 Å². The summed E-state index contributed by atoms with van der Waals surface area (Å²) in [5.74, 6) is -0.0161. The highest BCUT2D eigenvalue weighted by atomic mass is 35.5. The van der Waals surface area contributed by atoms with Crippen LogP contribution in [0.3, 0.4) is 0 Å². The van der Waals surface area contributed by atoms with E-state index in [1.165, 1.54) is 4.90 Å². The fraction of sp³-hybridized carbons (Fsp3) is 0.375. The van der Waals surface area contributed by atoms with E-state index in [0.717, 1.165) is 11.4 Å². The average Bonchev–Trinajstić information content (AvgIpc) is 2.92. The minimum atomic E-state index is -0.141. The van der Waals surface area contributed by atoms with Gasteiger partial charge in [-0.15, -0.1) is 0 Å². The SMILES string of the molecule is CC(C)c1c(C(=O)N(C)CCO)cnn1-c1ccc(Cl)cc1. The Labute approximate surface area is 135 Å². The van der Waals surface area contributed by atoms with Crippen molar-refractivity contribution in [2.75, 3.05) is 20.2 Å². The monoisotopic (exact) mass is 321 g/mol. The highest BCUT2D eigenvalue weighted by Crippen LogP contribution is 2.24. The van der Waals surface area contributed by atoms with E-state index < -0.39 is 0 Å². The predicted octanol–water partition coefficient (Wildman–Crippen LogP) is 2.71. The number of benzene rings is 1. The van der Waals surface area contributed by atoms with Crippen molar-refractivity contribution in [1.82, 2.24) is 14.7 Å². The lowest BCUT2D eigenvalue weighted by Crippen LogP contribution is -2.30. The minimum absolute atomic E-state index is 0.0649. The highest BCUT2D eigenvalue weighted by molar-refractivity contribution is 6.30. The maximum absolute atomic E-state index is 12.5. The van der Waals surface area contributed by atoms with Gasteiger partial charge in [-0.3, -0.25) is 4.79 Å². The maximum Gasteiger partial charge on any atom is 0.257 e. The van der Waals surface area contributed by atoms with Crippen molar-refractivity contribution in [2.24, 2.45) is 0 Å². The zero-order chi connectivity index (χ0) is 16.3. The number of carbonyl (C=O) groups excluding carboxylic acids is 1. The van der Waals surface area contributed by atoms with E-state index >= 15 is 0 Å². The molecule has 22 heavy (non-hydrogen) atoms. The number of carbonyl (C=O) groups is 1. The zero-order valence-electron chi connectivity index (χ0n) is 13.0. The Morgan fingerprint density at radius 2 is 2.00 bits per heavy atom. The first-order chi connectivity index (χ1) is 10.5. The van der Waals surface area contributed by atoms with Crippen molar-refractivity contribution in [3.63, 3.8) is 0 Å².